The molecule has 0 radical (unpaired) electrons. The van der Waals surface area contributed by atoms with E-state index in [-0.39, 0.29) is 0 Å². The molecule has 17 heavy (non-hydrogen) atoms. The van der Waals surface area contributed by atoms with Gasteiger partial charge >= 0.3 is 6.18 Å². The van der Waals surface area contributed by atoms with Gasteiger partial charge in [0.1, 0.15) is 0 Å². The average molecular weight is 245 g/mol. The molecule has 0 aliphatic carbocycles. The lowest BCUT2D eigenvalue weighted by Crippen LogP contribution is -2.15. The van der Waals surface area contributed by atoms with Crippen LogP contribution in [0.15, 0.2) is 12.1 Å². The van der Waals surface area contributed by atoms with Crippen LogP contribution in [0.2, 0.25) is 0 Å². The van der Waals surface area contributed by atoms with Crippen LogP contribution in [0.5, 0.6) is 0 Å². The lowest BCUT2D eigenvalue weighted by atomic mass is 9.97. The molecule has 0 saturated heterocycles. The van der Waals surface area contributed by atoms with Gasteiger partial charge in [-0.25, -0.2) is 0 Å². The van der Waals surface area contributed by atoms with Gasteiger partial charge in [0.05, 0.1) is 5.56 Å². The fourth-order valence-corrected chi connectivity index (χ4v) is 1.95. The van der Waals surface area contributed by atoms with Gasteiger partial charge in [0, 0.05) is 12.2 Å². The summed E-state index contributed by atoms with van der Waals surface area (Å²) < 4.78 is 37.8. The Morgan fingerprint density at radius 2 is 1.82 bits per heavy atom. The van der Waals surface area contributed by atoms with Crippen molar-refractivity contribution in [3.8, 4) is 0 Å². The van der Waals surface area contributed by atoms with Gasteiger partial charge in [0.15, 0.2) is 0 Å². The summed E-state index contributed by atoms with van der Waals surface area (Å²) in [7, 11) is 0. The highest BCUT2D eigenvalue weighted by Crippen LogP contribution is 2.36. The van der Waals surface area contributed by atoms with Crippen molar-refractivity contribution in [2.75, 3.05) is 11.9 Å². The SMILES string of the molecule is CC.Cc1cc2c(cc1C(F)(F)F)NCCC2. The molecule has 0 saturated carbocycles. The number of nitrogens with one attached hydrogen (secondary N) is 1. The van der Waals surface area contributed by atoms with Crippen molar-refractivity contribution in [2.24, 2.45) is 0 Å². The third-order valence-electron chi connectivity index (χ3n) is 2.69. The standard InChI is InChI=1S/C11H12F3N.C2H6/c1-7-5-8-3-2-4-15-10(8)6-9(7)11(12,13)14;1-2/h5-6,15H,2-4H2,1H3;1-2H3. The Morgan fingerprint density at radius 1 is 1.18 bits per heavy atom. The molecule has 1 aliphatic heterocycles. The number of anilines is 1. The molecule has 1 heterocycles. The molecule has 96 valence electrons. The molecule has 1 N–H and O–H groups in total. The van der Waals surface area contributed by atoms with Crippen molar-refractivity contribution >= 4 is 5.69 Å². The second-order valence-electron chi connectivity index (χ2n) is 3.85. The van der Waals surface area contributed by atoms with E-state index in [1.54, 1.807) is 6.07 Å². The first-order chi connectivity index (χ1) is 7.98. The summed E-state index contributed by atoms with van der Waals surface area (Å²) in [5.74, 6) is 0. The summed E-state index contributed by atoms with van der Waals surface area (Å²) in [4.78, 5) is 0. The van der Waals surface area contributed by atoms with Crippen LogP contribution in [0.25, 0.3) is 0 Å². The molecule has 1 nitrogen and oxygen atoms in total. The number of rotatable bonds is 0. The highest BCUT2D eigenvalue weighted by atomic mass is 19.4. The van der Waals surface area contributed by atoms with E-state index in [4.69, 9.17) is 0 Å². The molecule has 1 aromatic rings. The summed E-state index contributed by atoms with van der Waals surface area (Å²) in [5.41, 5.74) is 1.41. The zero-order valence-corrected chi connectivity index (χ0v) is 10.4. The van der Waals surface area contributed by atoms with Crippen molar-refractivity contribution in [3.05, 3.63) is 28.8 Å². The molecule has 0 fully saturated rings. The molecule has 0 amide bonds. The first-order valence-corrected chi connectivity index (χ1v) is 5.93. The van der Waals surface area contributed by atoms with E-state index >= 15 is 0 Å². The van der Waals surface area contributed by atoms with Crippen LogP contribution in [0.1, 0.15) is 37.0 Å². The van der Waals surface area contributed by atoms with Gasteiger partial charge in [-0.15, -0.1) is 0 Å². The second kappa shape index (κ2) is 5.43. The molecule has 0 aromatic heterocycles. The summed E-state index contributed by atoms with van der Waals surface area (Å²) in [6, 6.07) is 2.87. The van der Waals surface area contributed by atoms with Gasteiger partial charge in [-0.2, -0.15) is 13.2 Å². The van der Waals surface area contributed by atoms with Crippen LogP contribution in [-0.4, -0.2) is 6.54 Å². The Bertz CT molecular complexity index is 383. The highest BCUT2D eigenvalue weighted by molar-refractivity contribution is 5.57. The Hall–Kier alpha value is -1.19. The summed E-state index contributed by atoms with van der Waals surface area (Å²) in [6.45, 7) is 6.27. The van der Waals surface area contributed by atoms with Crippen LogP contribution in [0, 0.1) is 6.92 Å². The average Bonchev–Trinajstić information content (AvgIpc) is 2.29. The van der Waals surface area contributed by atoms with E-state index in [1.807, 2.05) is 13.8 Å². The number of benzene rings is 1. The van der Waals surface area contributed by atoms with Crippen LogP contribution in [-0.2, 0) is 12.6 Å². The lowest BCUT2D eigenvalue weighted by Gasteiger charge is -2.21. The van der Waals surface area contributed by atoms with Gasteiger partial charge in [-0.1, -0.05) is 19.9 Å². The fraction of sp³-hybridized carbons (Fsp3) is 0.538. The van der Waals surface area contributed by atoms with Crippen LogP contribution in [0.4, 0.5) is 18.9 Å². The minimum atomic E-state index is -4.25. The largest absolute Gasteiger partial charge is 0.416 e. The van der Waals surface area contributed by atoms with Crippen molar-refractivity contribution in [3.63, 3.8) is 0 Å². The summed E-state index contributed by atoms with van der Waals surface area (Å²) in [6.07, 6.45) is -2.41. The third-order valence-corrected chi connectivity index (χ3v) is 2.69. The summed E-state index contributed by atoms with van der Waals surface area (Å²) in [5, 5.41) is 3.00. The van der Waals surface area contributed by atoms with Crippen molar-refractivity contribution < 1.29 is 13.2 Å². The highest BCUT2D eigenvalue weighted by Gasteiger charge is 2.33. The quantitative estimate of drug-likeness (QED) is 0.714. The predicted octanol–water partition coefficient (Wildman–Crippen LogP) is 4.40. The van der Waals surface area contributed by atoms with E-state index in [0.717, 1.165) is 24.9 Å². The van der Waals surface area contributed by atoms with E-state index < -0.39 is 11.7 Å². The number of hydrogen-bond donors (Lipinski definition) is 1. The predicted molar refractivity (Wildman–Crippen MR) is 64.3 cm³/mol. The number of fused-ring (bicyclic) bond motifs is 1. The molecule has 1 aromatic carbocycles. The first-order valence-electron chi connectivity index (χ1n) is 5.93. The molecule has 0 atom stereocenters. The minimum Gasteiger partial charge on any atom is -0.385 e. The zero-order chi connectivity index (χ0) is 13.1. The number of alkyl halides is 3. The van der Waals surface area contributed by atoms with Crippen LogP contribution in [0.3, 0.4) is 0 Å². The first kappa shape index (κ1) is 13.9. The fourth-order valence-electron chi connectivity index (χ4n) is 1.95. The molecule has 0 bridgehead atoms. The maximum Gasteiger partial charge on any atom is 0.416 e. The van der Waals surface area contributed by atoms with Crippen molar-refractivity contribution in [2.45, 2.75) is 39.8 Å². The van der Waals surface area contributed by atoms with Gasteiger partial charge in [-0.05, 0) is 37.0 Å². The van der Waals surface area contributed by atoms with Gasteiger partial charge in [-0.3, -0.25) is 0 Å². The molecular weight excluding hydrogens is 227 g/mol. The Kier molecular flexibility index (Phi) is 4.43. The molecule has 2 rings (SSSR count). The second-order valence-corrected chi connectivity index (χ2v) is 3.85. The van der Waals surface area contributed by atoms with Crippen molar-refractivity contribution in [1.82, 2.24) is 0 Å². The van der Waals surface area contributed by atoms with E-state index in [2.05, 4.69) is 5.32 Å². The van der Waals surface area contributed by atoms with Crippen LogP contribution >= 0.6 is 0 Å². The third kappa shape index (κ3) is 3.14. The summed E-state index contributed by atoms with van der Waals surface area (Å²) >= 11 is 0. The smallest absolute Gasteiger partial charge is 0.385 e. The molecule has 4 heteroatoms. The molecule has 1 aliphatic rings. The van der Waals surface area contributed by atoms with E-state index in [1.165, 1.54) is 13.0 Å². The normalized spacial score (nSPS) is 14.2. The maximum absolute atomic E-state index is 12.6. The Labute approximate surface area is 100 Å². The number of hydrogen-bond acceptors (Lipinski definition) is 1. The molecule has 0 unspecified atom stereocenters. The number of halogens is 3. The van der Waals surface area contributed by atoms with Gasteiger partial charge in [0.2, 0.25) is 0 Å². The maximum atomic E-state index is 12.6. The van der Waals surface area contributed by atoms with Gasteiger partial charge < -0.3 is 5.32 Å². The monoisotopic (exact) mass is 245 g/mol. The molecule has 0 spiro atoms. The topological polar surface area (TPSA) is 12.0 Å². The minimum absolute atomic E-state index is 0.310. The Balaban J connectivity index is 0.000000686. The number of aryl methyl sites for hydroxylation is 2. The lowest BCUT2D eigenvalue weighted by molar-refractivity contribution is -0.138. The zero-order valence-electron chi connectivity index (χ0n) is 10.4. The molecular formula is C13H18F3N. The van der Waals surface area contributed by atoms with Crippen molar-refractivity contribution in [1.29, 1.82) is 0 Å². The van der Waals surface area contributed by atoms with Gasteiger partial charge in [0.25, 0.3) is 0 Å². The van der Waals surface area contributed by atoms with Crippen LogP contribution < -0.4 is 5.32 Å². The van der Waals surface area contributed by atoms with E-state index in [9.17, 15) is 13.2 Å². The van der Waals surface area contributed by atoms with E-state index in [0.29, 0.717) is 11.3 Å². The Morgan fingerprint density at radius 3 is 2.41 bits per heavy atom.